The van der Waals surface area contributed by atoms with Crippen molar-refractivity contribution >= 4 is 54.7 Å². The number of nitriles is 1. The number of nitrogens with zero attached hydrogens (tertiary/aromatic N) is 5. The van der Waals surface area contributed by atoms with Crippen molar-refractivity contribution in [2.75, 3.05) is 57.1 Å². The van der Waals surface area contributed by atoms with Crippen molar-refractivity contribution in [3.05, 3.63) is 34.4 Å². The Labute approximate surface area is 255 Å². The summed E-state index contributed by atoms with van der Waals surface area (Å²) in [6.45, 7) is 3.24. The minimum atomic E-state index is -0.748. The number of thiophene rings is 1. The first kappa shape index (κ1) is 28.3. The number of hydrogen-bond acceptors (Lipinski definition) is 10. The summed E-state index contributed by atoms with van der Waals surface area (Å²) in [5.41, 5.74) is 6.28. The number of fused-ring (bicyclic) bond motifs is 2. The first-order valence-corrected chi connectivity index (χ1v) is 15.5. The van der Waals surface area contributed by atoms with Gasteiger partial charge in [0.05, 0.1) is 33.8 Å². The number of nitrogens with two attached hydrogens (primary N) is 1. The largest absolute Gasteiger partial charge is 0.489 e. The van der Waals surface area contributed by atoms with Gasteiger partial charge in [0.1, 0.15) is 40.9 Å². The Hall–Kier alpha value is -3.50. The molecule has 4 aromatic rings. The highest BCUT2D eigenvalue weighted by atomic mass is 35.5. The summed E-state index contributed by atoms with van der Waals surface area (Å²) in [5.74, 6) is -0.644. The van der Waals surface area contributed by atoms with Crippen LogP contribution < -0.4 is 20.1 Å². The van der Waals surface area contributed by atoms with E-state index in [-0.39, 0.29) is 72.8 Å². The van der Waals surface area contributed by atoms with Crippen LogP contribution in [0.5, 0.6) is 11.8 Å². The summed E-state index contributed by atoms with van der Waals surface area (Å²) >= 11 is 7.89. The number of nitrogen functional groups attached to an aromatic ring is 1. The molecule has 1 unspecified atom stereocenters. The smallest absolute Gasteiger partial charge is 0.319 e. The van der Waals surface area contributed by atoms with Crippen molar-refractivity contribution in [2.24, 2.45) is 0 Å². The lowest BCUT2D eigenvalue weighted by Crippen LogP contribution is -2.41. The molecular formula is C30H29ClF2N6O3S. The lowest BCUT2D eigenvalue weighted by molar-refractivity contribution is 0.0721. The van der Waals surface area contributed by atoms with Crippen molar-refractivity contribution in [3.63, 3.8) is 0 Å². The van der Waals surface area contributed by atoms with Crippen LogP contribution in [0.15, 0.2) is 12.1 Å². The van der Waals surface area contributed by atoms with E-state index in [9.17, 15) is 9.65 Å². The SMILES string of the molecule is CN1CCC[C@H]1C1CCCOCCN2CCOc3c(Cl)c(-c4ccc(F)c5sc(N)c(C#N)c45)c(F)c4nc(nc2c34)O1. The number of anilines is 2. The fourth-order valence-electron chi connectivity index (χ4n) is 6.51. The number of halogens is 3. The minimum Gasteiger partial charge on any atom is -0.489 e. The molecule has 7 rings (SSSR count). The molecule has 0 aliphatic carbocycles. The Kier molecular flexibility index (Phi) is 7.37. The Morgan fingerprint density at radius 2 is 1.93 bits per heavy atom. The molecular weight excluding hydrogens is 598 g/mol. The highest BCUT2D eigenvalue weighted by molar-refractivity contribution is 7.23. The molecule has 2 aromatic heterocycles. The maximum absolute atomic E-state index is 17.0. The van der Waals surface area contributed by atoms with Crippen LogP contribution in [-0.2, 0) is 4.74 Å². The molecule has 0 saturated carbocycles. The number of likely N-dealkylation sites (tertiary alicyclic amines) is 1. The summed E-state index contributed by atoms with van der Waals surface area (Å²) in [5, 5.41) is 10.5. The molecule has 3 aliphatic heterocycles. The molecule has 43 heavy (non-hydrogen) atoms. The zero-order chi connectivity index (χ0) is 29.8. The Bertz CT molecular complexity index is 1800. The number of ether oxygens (including phenoxy) is 3. The van der Waals surface area contributed by atoms with Crippen LogP contribution in [0, 0.1) is 23.0 Å². The molecule has 0 amide bonds. The molecule has 9 nitrogen and oxygen atoms in total. The van der Waals surface area contributed by atoms with E-state index in [1.807, 2.05) is 11.0 Å². The summed E-state index contributed by atoms with van der Waals surface area (Å²) in [4.78, 5) is 13.7. The average Bonchev–Trinajstić information content (AvgIpc) is 3.51. The molecule has 0 radical (unpaired) electrons. The lowest BCUT2D eigenvalue weighted by Gasteiger charge is -2.30. The van der Waals surface area contributed by atoms with E-state index in [2.05, 4.69) is 16.9 Å². The van der Waals surface area contributed by atoms with Gasteiger partial charge in [0.15, 0.2) is 11.6 Å². The third kappa shape index (κ3) is 4.70. The number of benzene rings is 2. The van der Waals surface area contributed by atoms with E-state index in [1.54, 1.807) is 0 Å². The predicted octanol–water partition coefficient (Wildman–Crippen LogP) is 5.75. The second kappa shape index (κ2) is 11.2. The van der Waals surface area contributed by atoms with Crippen LogP contribution in [-0.4, -0.2) is 73.5 Å². The summed E-state index contributed by atoms with van der Waals surface area (Å²) < 4.78 is 50.6. The molecule has 13 heteroatoms. The van der Waals surface area contributed by atoms with Gasteiger partial charge in [-0.25, -0.2) is 8.78 Å². The van der Waals surface area contributed by atoms with E-state index in [4.69, 9.17) is 36.5 Å². The van der Waals surface area contributed by atoms with Crippen LogP contribution in [0.4, 0.5) is 19.6 Å². The number of rotatable bonds is 2. The van der Waals surface area contributed by atoms with Crippen molar-refractivity contribution < 1.29 is 23.0 Å². The number of likely N-dealkylation sites (N-methyl/N-ethyl adjacent to an activating group) is 1. The van der Waals surface area contributed by atoms with Crippen LogP contribution >= 0.6 is 22.9 Å². The van der Waals surface area contributed by atoms with Gasteiger partial charge in [0, 0.05) is 30.1 Å². The maximum Gasteiger partial charge on any atom is 0.319 e. The molecule has 224 valence electrons. The predicted molar refractivity (Wildman–Crippen MR) is 162 cm³/mol. The Balaban J connectivity index is 1.49. The van der Waals surface area contributed by atoms with E-state index in [1.165, 1.54) is 12.1 Å². The topological polar surface area (TPSA) is 110 Å². The molecule has 1 fully saturated rings. The molecule has 1 saturated heterocycles. The van der Waals surface area contributed by atoms with Gasteiger partial charge in [-0.2, -0.15) is 15.2 Å². The Morgan fingerprint density at radius 1 is 1.09 bits per heavy atom. The lowest BCUT2D eigenvalue weighted by atomic mass is 9.96. The van der Waals surface area contributed by atoms with Gasteiger partial charge >= 0.3 is 6.01 Å². The number of aromatic nitrogens is 2. The highest BCUT2D eigenvalue weighted by Crippen LogP contribution is 2.50. The molecule has 2 atom stereocenters. The van der Waals surface area contributed by atoms with Crippen molar-refractivity contribution in [1.82, 2.24) is 14.9 Å². The first-order valence-electron chi connectivity index (χ1n) is 14.3. The third-order valence-corrected chi connectivity index (χ3v) is 9.98. The zero-order valence-corrected chi connectivity index (χ0v) is 25.0. The fraction of sp³-hybridized carbons (Fsp3) is 0.433. The summed E-state index contributed by atoms with van der Waals surface area (Å²) in [6.07, 6.45) is 3.38. The van der Waals surface area contributed by atoms with Gasteiger partial charge in [-0.15, -0.1) is 11.3 Å². The molecule has 2 N–H and O–H groups in total. The van der Waals surface area contributed by atoms with Gasteiger partial charge in [0.2, 0.25) is 0 Å². The standard InChI is InChI=1S/C30H29ClF2N6O3S/c1-38-8-2-4-18(38)19-5-3-11-40-12-9-39-10-13-41-26-22-25(36-30(42-19)37-29(22)39)24(33)21(23(26)31)15-6-7-17(32)27-20(15)16(14-34)28(35)43-27/h6-7,18-19H,2-5,8-13,35H2,1H3/t18-,19?/m0/s1. The molecule has 3 aliphatic rings. The van der Waals surface area contributed by atoms with Gasteiger partial charge in [-0.05, 0) is 50.9 Å². The quantitative estimate of drug-likeness (QED) is 0.297. The second-order valence-electron chi connectivity index (χ2n) is 11.1. The highest BCUT2D eigenvalue weighted by Gasteiger charge is 2.35. The monoisotopic (exact) mass is 626 g/mol. The van der Waals surface area contributed by atoms with Crippen molar-refractivity contribution in [3.8, 4) is 29.0 Å². The van der Waals surface area contributed by atoms with E-state index in [0.29, 0.717) is 37.5 Å². The molecule has 5 heterocycles. The minimum absolute atomic E-state index is 0.0187. The molecule has 2 bridgehead atoms. The van der Waals surface area contributed by atoms with Crippen molar-refractivity contribution in [2.45, 2.75) is 37.8 Å². The normalized spacial score (nSPS) is 21.2. The van der Waals surface area contributed by atoms with Crippen molar-refractivity contribution in [1.29, 1.82) is 5.26 Å². The van der Waals surface area contributed by atoms with Crippen LogP contribution in [0.1, 0.15) is 31.2 Å². The molecule has 0 spiro atoms. The first-order chi connectivity index (χ1) is 20.9. The van der Waals surface area contributed by atoms with Gasteiger partial charge in [-0.3, -0.25) is 4.90 Å². The molecule has 2 aromatic carbocycles. The van der Waals surface area contributed by atoms with E-state index in [0.717, 1.165) is 43.6 Å². The zero-order valence-electron chi connectivity index (χ0n) is 23.5. The maximum atomic E-state index is 17.0. The van der Waals surface area contributed by atoms with Gasteiger partial charge < -0.3 is 24.8 Å². The second-order valence-corrected chi connectivity index (χ2v) is 12.5. The van der Waals surface area contributed by atoms with Gasteiger partial charge in [0.25, 0.3) is 0 Å². The van der Waals surface area contributed by atoms with Crippen LogP contribution in [0.25, 0.3) is 32.1 Å². The van der Waals surface area contributed by atoms with E-state index < -0.39 is 11.6 Å². The average molecular weight is 627 g/mol. The summed E-state index contributed by atoms with van der Waals surface area (Å²) in [6, 6.07) is 4.91. The summed E-state index contributed by atoms with van der Waals surface area (Å²) in [7, 11) is 2.08. The third-order valence-electron chi connectivity index (χ3n) is 8.59. The number of hydrogen-bond donors (Lipinski definition) is 1. The van der Waals surface area contributed by atoms with E-state index >= 15 is 4.39 Å². The van der Waals surface area contributed by atoms with Crippen LogP contribution in [0.3, 0.4) is 0 Å². The van der Waals surface area contributed by atoms with Gasteiger partial charge in [-0.1, -0.05) is 17.7 Å². The Morgan fingerprint density at radius 3 is 2.72 bits per heavy atom. The van der Waals surface area contributed by atoms with Crippen LogP contribution in [0.2, 0.25) is 5.02 Å². The fourth-order valence-corrected chi connectivity index (χ4v) is 7.80.